The van der Waals surface area contributed by atoms with Gasteiger partial charge in [0.25, 0.3) is 5.69 Å². The molecule has 1 aromatic rings. The van der Waals surface area contributed by atoms with E-state index in [2.05, 4.69) is 0 Å². The van der Waals surface area contributed by atoms with Crippen LogP contribution in [0.5, 0.6) is 0 Å². The van der Waals surface area contributed by atoms with Gasteiger partial charge in [-0.3, -0.25) is 10.1 Å². The molecule has 0 bridgehead atoms. The van der Waals surface area contributed by atoms with Crippen molar-refractivity contribution in [2.45, 2.75) is 45.6 Å². The average Bonchev–Trinajstić information content (AvgIpc) is 2.53. The Morgan fingerprint density at radius 3 is 2.56 bits per heavy atom. The number of piperidine rings is 1. The number of nitro benzene ring substituents is 1. The molecule has 7 nitrogen and oxygen atoms in total. The Hall–Kier alpha value is -2.62. The van der Waals surface area contributed by atoms with Crippen molar-refractivity contribution in [3.05, 3.63) is 39.4 Å². The minimum absolute atomic E-state index is 0.0773. The number of carbonyl (C=O) groups is 1. The van der Waals surface area contributed by atoms with E-state index in [-0.39, 0.29) is 17.3 Å². The van der Waals surface area contributed by atoms with Crippen molar-refractivity contribution < 1.29 is 14.5 Å². The third kappa shape index (κ3) is 5.18. The smallest absolute Gasteiger partial charge is 0.410 e. The van der Waals surface area contributed by atoms with Crippen LogP contribution in [-0.2, 0) is 11.2 Å². The Morgan fingerprint density at radius 2 is 2.04 bits per heavy atom. The Labute approximate surface area is 147 Å². The molecule has 1 aliphatic heterocycles. The van der Waals surface area contributed by atoms with Crippen LogP contribution in [0.25, 0.3) is 0 Å². The zero-order chi connectivity index (χ0) is 18.6. The van der Waals surface area contributed by atoms with Crippen LogP contribution in [0.3, 0.4) is 0 Å². The summed E-state index contributed by atoms with van der Waals surface area (Å²) in [7, 11) is 0. The van der Waals surface area contributed by atoms with Gasteiger partial charge in [-0.2, -0.15) is 5.26 Å². The third-order valence-electron chi connectivity index (χ3n) is 4.17. The number of likely N-dealkylation sites (tertiary alicyclic amines) is 1. The van der Waals surface area contributed by atoms with Crippen molar-refractivity contribution >= 4 is 11.8 Å². The Kier molecular flexibility index (Phi) is 5.62. The molecule has 134 valence electrons. The number of nitriles is 1. The first-order valence-corrected chi connectivity index (χ1v) is 8.35. The third-order valence-corrected chi connectivity index (χ3v) is 4.17. The minimum Gasteiger partial charge on any atom is -0.444 e. The second kappa shape index (κ2) is 7.51. The maximum atomic E-state index is 12.1. The second-order valence-electron chi connectivity index (χ2n) is 7.34. The monoisotopic (exact) mass is 345 g/mol. The first-order chi connectivity index (χ1) is 11.7. The highest BCUT2D eigenvalue weighted by atomic mass is 16.6. The van der Waals surface area contributed by atoms with E-state index in [0.717, 1.165) is 18.4 Å². The fourth-order valence-corrected chi connectivity index (χ4v) is 2.93. The van der Waals surface area contributed by atoms with E-state index < -0.39 is 10.5 Å². The highest BCUT2D eigenvalue weighted by molar-refractivity contribution is 5.68. The van der Waals surface area contributed by atoms with Gasteiger partial charge in [-0.15, -0.1) is 0 Å². The Balaban J connectivity index is 1.94. The van der Waals surface area contributed by atoms with Gasteiger partial charge in [-0.05, 0) is 57.6 Å². The summed E-state index contributed by atoms with van der Waals surface area (Å²) in [5.41, 5.74) is 0.274. The summed E-state index contributed by atoms with van der Waals surface area (Å²) in [6, 6.07) is 6.60. The first-order valence-electron chi connectivity index (χ1n) is 8.35. The molecule has 1 amide bonds. The van der Waals surface area contributed by atoms with E-state index in [4.69, 9.17) is 10.00 Å². The Bertz CT molecular complexity index is 695. The van der Waals surface area contributed by atoms with Crippen LogP contribution in [0, 0.1) is 27.4 Å². The fourth-order valence-electron chi connectivity index (χ4n) is 2.93. The number of ether oxygens (including phenoxy) is 1. The molecule has 2 rings (SSSR count). The predicted octanol–water partition coefficient (Wildman–Crippen LogP) is 3.66. The van der Waals surface area contributed by atoms with E-state index in [0.29, 0.717) is 25.4 Å². The highest BCUT2D eigenvalue weighted by Crippen LogP contribution is 2.26. The topological polar surface area (TPSA) is 96.5 Å². The van der Waals surface area contributed by atoms with Crippen LogP contribution in [0.4, 0.5) is 10.5 Å². The summed E-state index contributed by atoms with van der Waals surface area (Å²) in [5, 5.41) is 20.0. The summed E-state index contributed by atoms with van der Waals surface area (Å²) in [6.45, 7) is 6.77. The lowest BCUT2D eigenvalue weighted by molar-refractivity contribution is -0.385. The summed E-state index contributed by atoms with van der Waals surface area (Å²) < 4.78 is 5.38. The zero-order valence-corrected chi connectivity index (χ0v) is 14.8. The van der Waals surface area contributed by atoms with Crippen LogP contribution in [-0.4, -0.2) is 34.6 Å². The van der Waals surface area contributed by atoms with E-state index >= 15 is 0 Å². The number of nitrogens with zero attached hydrogens (tertiary/aromatic N) is 3. The molecular weight excluding hydrogens is 322 g/mol. The standard InChI is InChI=1S/C18H23N3O4/c1-18(2,3)25-17(22)20-8-6-13(7-9-20)10-14-4-5-15(12-19)16(11-14)21(23)24/h4-5,11,13H,6-10H2,1-3H3. The molecule has 0 atom stereocenters. The maximum absolute atomic E-state index is 12.1. The van der Waals surface area contributed by atoms with Crippen molar-refractivity contribution in [3.63, 3.8) is 0 Å². The number of nitro groups is 1. The maximum Gasteiger partial charge on any atom is 0.410 e. The van der Waals surface area contributed by atoms with Crippen molar-refractivity contribution in [3.8, 4) is 6.07 Å². The Morgan fingerprint density at radius 1 is 1.40 bits per heavy atom. The predicted molar refractivity (Wildman–Crippen MR) is 92.0 cm³/mol. The van der Waals surface area contributed by atoms with Gasteiger partial charge < -0.3 is 9.64 Å². The van der Waals surface area contributed by atoms with Gasteiger partial charge in [0.1, 0.15) is 17.2 Å². The minimum atomic E-state index is -0.521. The number of hydrogen-bond acceptors (Lipinski definition) is 5. The van der Waals surface area contributed by atoms with Gasteiger partial charge in [0.2, 0.25) is 0 Å². The summed E-state index contributed by atoms with van der Waals surface area (Å²) in [5.74, 6) is 0.353. The van der Waals surface area contributed by atoms with Crippen molar-refractivity contribution in [1.29, 1.82) is 5.26 Å². The van der Waals surface area contributed by atoms with Crippen LogP contribution in [0.1, 0.15) is 44.7 Å². The molecule has 0 aliphatic carbocycles. The van der Waals surface area contributed by atoms with E-state index in [9.17, 15) is 14.9 Å². The largest absolute Gasteiger partial charge is 0.444 e. The van der Waals surface area contributed by atoms with Crippen molar-refractivity contribution in [2.75, 3.05) is 13.1 Å². The lowest BCUT2D eigenvalue weighted by atomic mass is 9.90. The van der Waals surface area contributed by atoms with Gasteiger partial charge in [0, 0.05) is 19.2 Å². The molecule has 7 heteroatoms. The molecule has 1 aliphatic rings. The zero-order valence-electron chi connectivity index (χ0n) is 14.8. The summed E-state index contributed by atoms with van der Waals surface area (Å²) >= 11 is 0. The summed E-state index contributed by atoms with van der Waals surface area (Å²) in [4.78, 5) is 24.3. The second-order valence-corrected chi connectivity index (χ2v) is 7.34. The molecule has 0 radical (unpaired) electrons. The molecule has 1 aromatic carbocycles. The highest BCUT2D eigenvalue weighted by Gasteiger charge is 2.27. The number of amides is 1. The lowest BCUT2D eigenvalue weighted by Gasteiger charge is -2.33. The molecular formula is C18H23N3O4. The van der Waals surface area contributed by atoms with Crippen LogP contribution >= 0.6 is 0 Å². The molecule has 0 aromatic heterocycles. The van der Waals surface area contributed by atoms with Crippen LogP contribution in [0.15, 0.2) is 18.2 Å². The summed E-state index contributed by atoms with van der Waals surface area (Å²) in [6.07, 6.45) is 2.06. The van der Waals surface area contributed by atoms with E-state index in [1.165, 1.54) is 12.1 Å². The van der Waals surface area contributed by atoms with Gasteiger partial charge in [0.15, 0.2) is 0 Å². The quantitative estimate of drug-likeness (QED) is 0.615. The molecule has 1 saturated heterocycles. The lowest BCUT2D eigenvalue weighted by Crippen LogP contribution is -2.42. The van der Waals surface area contributed by atoms with Crippen molar-refractivity contribution in [1.82, 2.24) is 4.90 Å². The van der Waals surface area contributed by atoms with Crippen molar-refractivity contribution in [2.24, 2.45) is 5.92 Å². The SMILES string of the molecule is CC(C)(C)OC(=O)N1CCC(Cc2ccc(C#N)c([N+](=O)[O-])c2)CC1. The van der Waals surface area contributed by atoms with E-state index in [1.54, 1.807) is 11.0 Å². The first kappa shape index (κ1) is 18.7. The molecule has 0 saturated carbocycles. The molecule has 0 N–H and O–H groups in total. The molecule has 1 heterocycles. The molecule has 25 heavy (non-hydrogen) atoms. The van der Waals surface area contributed by atoms with Crippen LogP contribution < -0.4 is 0 Å². The van der Waals surface area contributed by atoms with Gasteiger partial charge in [-0.1, -0.05) is 6.07 Å². The molecule has 0 unspecified atom stereocenters. The van der Waals surface area contributed by atoms with E-state index in [1.807, 2.05) is 26.8 Å². The molecule has 1 fully saturated rings. The number of benzene rings is 1. The number of hydrogen-bond donors (Lipinski definition) is 0. The van der Waals surface area contributed by atoms with Gasteiger partial charge in [-0.25, -0.2) is 4.79 Å². The average molecular weight is 345 g/mol. The van der Waals surface area contributed by atoms with Gasteiger partial charge >= 0.3 is 6.09 Å². The van der Waals surface area contributed by atoms with Gasteiger partial charge in [0.05, 0.1) is 4.92 Å². The normalized spacial score (nSPS) is 15.5. The number of rotatable bonds is 3. The number of carbonyl (C=O) groups excluding carboxylic acids is 1. The van der Waals surface area contributed by atoms with Crippen LogP contribution in [0.2, 0.25) is 0 Å². The molecule has 0 spiro atoms. The fraction of sp³-hybridized carbons (Fsp3) is 0.556.